The SMILES string of the molecule is CC(C)(C)[S+]([O-])/N=c1\c2cc(Br)ccc2oc2cnc(Cl)cc12. The van der Waals surface area contributed by atoms with Gasteiger partial charge in [0.2, 0.25) is 0 Å². The first kappa shape index (κ1) is 16.8. The maximum absolute atomic E-state index is 12.5. The lowest BCUT2D eigenvalue weighted by atomic mass is 10.1. The molecule has 0 bridgehead atoms. The van der Waals surface area contributed by atoms with E-state index in [1.54, 1.807) is 12.3 Å². The van der Waals surface area contributed by atoms with Crippen molar-refractivity contribution < 1.29 is 8.97 Å². The van der Waals surface area contributed by atoms with Crippen LogP contribution >= 0.6 is 27.5 Å². The molecule has 1 aromatic carbocycles. The van der Waals surface area contributed by atoms with Gasteiger partial charge in [0, 0.05) is 9.86 Å². The highest BCUT2D eigenvalue weighted by Crippen LogP contribution is 2.24. The Bertz CT molecular complexity index is 903. The Hall–Kier alpha value is -1.08. The normalized spacial score (nSPS) is 14.6. The third-order valence-electron chi connectivity index (χ3n) is 3.20. The van der Waals surface area contributed by atoms with E-state index in [4.69, 9.17) is 16.0 Å². The van der Waals surface area contributed by atoms with Crippen LogP contribution in [-0.4, -0.2) is 14.3 Å². The summed E-state index contributed by atoms with van der Waals surface area (Å²) in [5.41, 5.74) is 1.20. The van der Waals surface area contributed by atoms with Gasteiger partial charge in [-0.15, -0.1) is 0 Å². The first-order valence-corrected chi connectivity index (χ1v) is 9.18. The molecule has 23 heavy (non-hydrogen) atoms. The zero-order chi connectivity index (χ0) is 16.8. The molecule has 120 valence electrons. The number of hydrogen-bond donors (Lipinski definition) is 0. The van der Waals surface area contributed by atoms with Crippen LogP contribution in [0.5, 0.6) is 0 Å². The molecule has 0 fully saturated rings. The lowest BCUT2D eigenvalue weighted by Gasteiger charge is -2.18. The van der Waals surface area contributed by atoms with Gasteiger partial charge >= 0.3 is 0 Å². The van der Waals surface area contributed by atoms with Crippen molar-refractivity contribution in [2.24, 2.45) is 4.40 Å². The lowest BCUT2D eigenvalue weighted by Crippen LogP contribution is -2.28. The van der Waals surface area contributed by atoms with Crippen molar-refractivity contribution >= 4 is 60.8 Å². The molecule has 2 aromatic heterocycles. The van der Waals surface area contributed by atoms with Gasteiger partial charge in [-0.05, 0) is 45.0 Å². The summed E-state index contributed by atoms with van der Waals surface area (Å²) < 4.78 is 23.3. The monoisotopic (exact) mass is 412 g/mol. The van der Waals surface area contributed by atoms with Gasteiger partial charge in [-0.25, -0.2) is 4.98 Å². The molecule has 1 atom stereocenters. The molecule has 0 N–H and O–H groups in total. The Labute approximate surface area is 150 Å². The van der Waals surface area contributed by atoms with Crippen molar-refractivity contribution in [3.05, 3.63) is 45.4 Å². The Balaban J connectivity index is 2.48. The molecule has 3 aromatic rings. The van der Waals surface area contributed by atoms with Crippen LogP contribution in [0.2, 0.25) is 5.15 Å². The second-order valence-electron chi connectivity index (χ2n) is 6.05. The van der Waals surface area contributed by atoms with Crippen LogP contribution in [0.3, 0.4) is 0 Å². The molecule has 2 heterocycles. The van der Waals surface area contributed by atoms with Gasteiger partial charge in [0.05, 0.1) is 11.6 Å². The third-order valence-corrected chi connectivity index (χ3v) is 5.30. The molecule has 0 saturated heterocycles. The first-order chi connectivity index (χ1) is 10.8. The van der Waals surface area contributed by atoms with E-state index < -0.39 is 16.1 Å². The zero-order valence-electron chi connectivity index (χ0n) is 12.8. The molecule has 0 aliphatic carbocycles. The van der Waals surface area contributed by atoms with Crippen LogP contribution in [0.15, 0.2) is 43.7 Å². The molecule has 7 heteroatoms. The second-order valence-corrected chi connectivity index (χ2v) is 9.26. The van der Waals surface area contributed by atoms with E-state index in [2.05, 4.69) is 25.3 Å². The van der Waals surface area contributed by atoms with E-state index >= 15 is 0 Å². The van der Waals surface area contributed by atoms with Gasteiger partial charge in [-0.2, -0.15) is 0 Å². The molecule has 1 unspecified atom stereocenters. The standard InChI is InChI=1S/C16H14BrClN2O2S/c1-16(2,3)23(21)20-15-10-6-9(17)4-5-12(10)22-13-8-19-14(18)7-11(13)15/h4-8H,1-3H3/b20-15+. The number of aromatic nitrogens is 1. The van der Waals surface area contributed by atoms with Crippen LogP contribution in [-0.2, 0) is 11.4 Å². The Morgan fingerprint density at radius 2 is 1.91 bits per heavy atom. The molecule has 0 aliphatic rings. The highest BCUT2D eigenvalue weighted by atomic mass is 79.9. The molecular formula is C16H14BrClN2O2S. The fourth-order valence-electron chi connectivity index (χ4n) is 2.04. The smallest absolute Gasteiger partial charge is 0.155 e. The number of hydrogen-bond acceptors (Lipinski definition) is 4. The summed E-state index contributed by atoms with van der Waals surface area (Å²) in [6.45, 7) is 5.65. The Morgan fingerprint density at radius 3 is 2.61 bits per heavy atom. The van der Waals surface area contributed by atoms with Crippen LogP contribution in [0.25, 0.3) is 21.9 Å². The molecule has 0 saturated carbocycles. The van der Waals surface area contributed by atoms with Crippen molar-refractivity contribution in [2.75, 3.05) is 0 Å². The minimum Gasteiger partial charge on any atom is -0.591 e. The summed E-state index contributed by atoms with van der Waals surface area (Å²) in [4.78, 5) is 4.05. The van der Waals surface area contributed by atoms with Crippen molar-refractivity contribution in [1.82, 2.24) is 4.98 Å². The molecular weight excluding hydrogens is 400 g/mol. The second kappa shape index (κ2) is 6.09. The quantitative estimate of drug-likeness (QED) is 0.328. The zero-order valence-corrected chi connectivity index (χ0v) is 15.9. The fraction of sp³-hybridized carbons (Fsp3) is 0.250. The van der Waals surface area contributed by atoms with Crippen molar-refractivity contribution in [1.29, 1.82) is 0 Å². The molecule has 0 aliphatic heterocycles. The van der Waals surface area contributed by atoms with Gasteiger partial charge < -0.3 is 8.97 Å². The Kier molecular flexibility index (Phi) is 4.44. The predicted molar refractivity (Wildman–Crippen MR) is 97.7 cm³/mol. The summed E-state index contributed by atoms with van der Waals surface area (Å²) in [6.07, 6.45) is 1.55. The lowest BCUT2D eigenvalue weighted by molar-refractivity contribution is 0.560. The molecule has 0 radical (unpaired) electrons. The minimum absolute atomic E-state index is 0.333. The van der Waals surface area contributed by atoms with Gasteiger partial charge in [-0.1, -0.05) is 31.9 Å². The van der Waals surface area contributed by atoms with Gasteiger partial charge in [0.25, 0.3) is 0 Å². The minimum atomic E-state index is -1.41. The average Bonchev–Trinajstić information content (AvgIpc) is 2.47. The maximum atomic E-state index is 12.5. The predicted octanol–water partition coefficient (Wildman–Crippen LogP) is 4.76. The van der Waals surface area contributed by atoms with E-state index in [1.807, 2.05) is 39.0 Å². The van der Waals surface area contributed by atoms with Crippen LogP contribution in [0.4, 0.5) is 0 Å². The number of pyridine rings is 1. The van der Waals surface area contributed by atoms with E-state index in [0.29, 0.717) is 27.1 Å². The summed E-state index contributed by atoms with van der Waals surface area (Å²) in [7, 11) is 0. The van der Waals surface area contributed by atoms with Crippen LogP contribution in [0.1, 0.15) is 20.8 Å². The summed E-state index contributed by atoms with van der Waals surface area (Å²) in [6, 6.07) is 7.29. The van der Waals surface area contributed by atoms with E-state index in [9.17, 15) is 4.55 Å². The number of fused-ring (bicyclic) bond motifs is 2. The van der Waals surface area contributed by atoms with Crippen molar-refractivity contribution in [3.63, 3.8) is 0 Å². The highest BCUT2D eigenvalue weighted by Gasteiger charge is 2.27. The van der Waals surface area contributed by atoms with Crippen molar-refractivity contribution in [2.45, 2.75) is 25.5 Å². The number of rotatable bonds is 1. The first-order valence-electron chi connectivity index (χ1n) is 6.90. The Morgan fingerprint density at radius 1 is 1.22 bits per heavy atom. The van der Waals surface area contributed by atoms with Gasteiger partial charge in [-0.3, -0.25) is 0 Å². The van der Waals surface area contributed by atoms with Crippen molar-refractivity contribution in [3.8, 4) is 0 Å². The van der Waals surface area contributed by atoms with Crippen LogP contribution < -0.4 is 5.36 Å². The maximum Gasteiger partial charge on any atom is 0.155 e. The van der Waals surface area contributed by atoms with Crippen LogP contribution in [0, 0.1) is 0 Å². The number of halogens is 2. The molecule has 4 nitrogen and oxygen atoms in total. The topological polar surface area (TPSA) is 61.5 Å². The average molecular weight is 414 g/mol. The summed E-state index contributed by atoms with van der Waals surface area (Å²) in [5.74, 6) is 0. The van der Waals surface area contributed by atoms with E-state index in [1.165, 1.54) is 0 Å². The third kappa shape index (κ3) is 3.40. The van der Waals surface area contributed by atoms with E-state index in [-0.39, 0.29) is 0 Å². The highest BCUT2D eigenvalue weighted by molar-refractivity contribution is 9.10. The van der Waals surface area contributed by atoms with Gasteiger partial charge in [0.1, 0.15) is 32.2 Å². The fourth-order valence-corrected chi connectivity index (χ4v) is 3.20. The number of benzene rings is 1. The largest absolute Gasteiger partial charge is 0.591 e. The molecule has 0 spiro atoms. The molecule has 0 amide bonds. The van der Waals surface area contributed by atoms with E-state index in [0.717, 1.165) is 9.86 Å². The number of nitrogens with zero attached hydrogens (tertiary/aromatic N) is 2. The van der Waals surface area contributed by atoms with Gasteiger partial charge in [0.15, 0.2) is 5.58 Å². The summed E-state index contributed by atoms with van der Waals surface area (Å²) in [5, 5.41) is 2.39. The molecule has 3 rings (SSSR count). The summed E-state index contributed by atoms with van der Waals surface area (Å²) >= 11 is 8.06.